The van der Waals surface area contributed by atoms with Crippen LogP contribution in [0.3, 0.4) is 0 Å². The van der Waals surface area contributed by atoms with Crippen molar-refractivity contribution in [2.45, 2.75) is 208 Å². The van der Waals surface area contributed by atoms with E-state index >= 15 is 9.59 Å². The van der Waals surface area contributed by atoms with Crippen LogP contribution < -0.4 is 0 Å². The third-order valence-corrected chi connectivity index (χ3v) is 13.4. The number of hydrogen-bond donors (Lipinski definition) is 1. The van der Waals surface area contributed by atoms with Crippen molar-refractivity contribution < 1.29 is 24.2 Å². The summed E-state index contributed by atoms with van der Waals surface area (Å²) < 4.78 is 13.2. The van der Waals surface area contributed by atoms with E-state index in [1.54, 1.807) is 0 Å². The van der Waals surface area contributed by atoms with Gasteiger partial charge in [-0.05, 0) is 154 Å². The van der Waals surface area contributed by atoms with Crippen molar-refractivity contribution in [2.24, 2.45) is 17.3 Å². The lowest BCUT2D eigenvalue weighted by atomic mass is 9.60. The van der Waals surface area contributed by atoms with E-state index in [4.69, 9.17) is 9.47 Å². The van der Waals surface area contributed by atoms with Gasteiger partial charge in [0.2, 0.25) is 0 Å². The van der Waals surface area contributed by atoms with E-state index in [0.717, 1.165) is 55.2 Å². The molecular formula is C46H80N2O5. The Labute approximate surface area is 325 Å². The molecule has 0 saturated carbocycles. The van der Waals surface area contributed by atoms with Crippen LogP contribution in [0.4, 0.5) is 0 Å². The number of likely N-dealkylation sites (tertiary alicyclic amines) is 2. The number of benzene rings is 1. The molecule has 2 saturated heterocycles. The van der Waals surface area contributed by atoms with Crippen LogP contribution in [0.2, 0.25) is 0 Å². The molecule has 2 atom stereocenters. The predicted octanol–water partition coefficient (Wildman–Crippen LogP) is 10.4. The Morgan fingerprint density at radius 2 is 1.19 bits per heavy atom. The van der Waals surface area contributed by atoms with Crippen LogP contribution in [0.25, 0.3) is 0 Å². The van der Waals surface area contributed by atoms with Crippen molar-refractivity contribution in [1.82, 2.24) is 9.80 Å². The maximum absolute atomic E-state index is 15.7. The zero-order valence-electron chi connectivity index (χ0n) is 37.4. The summed E-state index contributed by atoms with van der Waals surface area (Å²) in [5.74, 6) is -0.838. The highest BCUT2D eigenvalue weighted by Gasteiger charge is 2.60. The Morgan fingerprint density at radius 1 is 0.755 bits per heavy atom. The number of esters is 2. The van der Waals surface area contributed by atoms with E-state index in [2.05, 4.69) is 135 Å². The molecule has 53 heavy (non-hydrogen) atoms. The molecule has 2 aliphatic heterocycles. The number of piperidine rings is 2. The van der Waals surface area contributed by atoms with E-state index in [9.17, 15) is 5.11 Å². The SMILES string of the molecule is CCCCOC(=O)C(Cc1cc(C(C)(C)C)c(O)c(C(C)(C)C)c1)(C(=O)OC(CCC)C1CC(C)(C)N(C)C(C)(C)C1)C1CC(C)(C)N(C)C(C)(C)C1. The molecule has 2 heterocycles. The molecule has 304 valence electrons. The van der Waals surface area contributed by atoms with Gasteiger partial charge >= 0.3 is 11.9 Å². The molecule has 0 aliphatic carbocycles. The van der Waals surface area contributed by atoms with Crippen LogP contribution in [0.5, 0.6) is 5.75 Å². The number of aromatic hydroxyl groups is 1. The minimum atomic E-state index is -1.59. The molecule has 0 radical (unpaired) electrons. The van der Waals surface area contributed by atoms with Gasteiger partial charge in [0.15, 0.2) is 5.41 Å². The number of nitrogens with zero attached hydrogens (tertiary/aromatic N) is 2. The average Bonchev–Trinajstić information content (AvgIpc) is 2.99. The molecule has 2 aliphatic rings. The fraction of sp³-hybridized carbons (Fsp3) is 0.826. The van der Waals surface area contributed by atoms with Gasteiger partial charge in [-0.2, -0.15) is 0 Å². The van der Waals surface area contributed by atoms with E-state index in [1.807, 2.05) is 12.1 Å². The maximum atomic E-state index is 15.7. The minimum Gasteiger partial charge on any atom is -0.507 e. The van der Waals surface area contributed by atoms with Crippen LogP contribution in [0.1, 0.15) is 179 Å². The second-order valence-corrected chi connectivity index (χ2v) is 21.6. The van der Waals surface area contributed by atoms with Gasteiger partial charge in [0.25, 0.3) is 0 Å². The molecule has 1 N–H and O–H groups in total. The summed E-state index contributed by atoms with van der Waals surface area (Å²) in [7, 11) is 4.36. The number of phenols is 1. The summed E-state index contributed by atoms with van der Waals surface area (Å²) in [4.78, 5) is 35.7. The van der Waals surface area contributed by atoms with Gasteiger partial charge < -0.3 is 14.6 Å². The lowest BCUT2D eigenvalue weighted by Crippen LogP contribution is -2.64. The predicted molar refractivity (Wildman–Crippen MR) is 220 cm³/mol. The van der Waals surface area contributed by atoms with Crippen LogP contribution in [-0.4, -0.2) is 75.8 Å². The second-order valence-electron chi connectivity index (χ2n) is 21.6. The molecule has 0 aromatic heterocycles. The Bertz CT molecular complexity index is 1370. The number of unbranched alkanes of at least 4 members (excludes halogenated alkanes) is 1. The molecule has 2 unspecified atom stereocenters. The maximum Gasteiger partial charge on any atom is 0.324 e. The van der Waals surface area contributed by atoms with Gasteiger partial charge in [-0.25, -0.2) is 0 Å². The summed E-state index contributed by atoms with van der Waals surface area (Å²) in [5.41, 5.74) is -0.620. The third kappa shape index (κ3) is 9.65. The molecule has 0 amide bonds. The molecule has 3 rings (SSSR count). The second kappa shape index (κ2) is 15.8. The molecule has 7 nitrogen and oxygen atoms in total. The lowest BCUT2D eigenvalue weighted by Gasteiger charge is -2.57. The molecule has 7 heteroatoms. The Hall–Kier alpha value is -2.12. The standard InChI is InChI=1S/C46H80N2O5/c1-19-21-23-52-38(50)46(33-29-44(13,14)48(18)45(15,16)30-33,26-31-24-34(40(3,4)5)37(49)35(25-31)41(6,7)8)39(51)53-36(22-20-2)32-27-42(9,10)47(17)43(11,12)28-32/h24-25,32-33,36,49H,19-23,26-30H2,1-18H3. The van der Waals surface area contributed by atoms with Gasteiger partial charge in [0.05, 0.1) is 6.61 Å². The van der Waals surface area contributed by atoms with Crippen LogP contribution in [0, 0.1) is 17.3 Å². The molecule has 2 fully saturated rings. The van der Waals surface area contributed by atoms with Crippen molar-refractivity contribution >= 4 is 11.9 Å². The summed E-state index contributed by atoms with van der Waals surface area (Å²) in [6, 6.07) is 4.06. The first-order valence-corrected chi connectivity index (χ1v) is 20.7. The number of hydrogen-bond acceptors (Lipinski definition) is 7. The molecule has 1 aromatic rings. The topological polar surface area (TPSA) is 79.3 Å². The van der Waals surface area contributed by atoms with E-state index in [-0.39, 0.29) is 69.7 Å². The third-order valence-electron chi connectivity index (χ3n) is 13.4. The Kier molecular flexibility index (Phi) is 13.5. The first-order valence-electron chi connectivity index (χ1n) is 20.7. The highest BCUT2D eigenvalue weighted by Crippen LogP contribution is 2.52. The van der Waals surface area contributed by atoms with Gasteiger partial charge in [-0.1, -0.05) is 80.4 Å². The molecule has 1 aromatic carbocycles. The van der Waals surface area contributed by atoms with Gasteiger partial charge in [0.1, 0.15) is 11.9 Å². The molecular weight excluding hydrogens is 661 g/mol. The number of ether oxygens (including phenoxy) is 2. The van der Waals surface area contributed by atoms with Gasteiger partial charge in [-0.3, -0.25) is 19.4 Å². The lowest BCUT2D eigenvalue weighted by molar-refractivity contribution is -0.191. The number of carbonyl (C=O) groups is 2. The van der Waals surface area contributed by atoms with Gasteiger partial charge in [0, 0.05) is 22.2 Å². The Balaban J connectivity index is 2.36. The fourth-order valence-electron chi connectivity index (χ4n) is 9.75. The number of phenolic OH excluding ortho intramolecular Hbond substituents is 1. The minimum absolute atomic E-state index is 0.0816. The molecule has 0 spiro atoms. The van der Waals surface area contributed by atoms with Crippen molar-refractivity contribution in [3.63, 3.8) is 0 Å². The Morgan fingerprint density at radius 3 is 1.58 bits per heavy atom. The van der Waals surface area contributed by atoms with Crippen molar-refractivity contribution in [3.05, 3.63) is 28.8 Å². The summed E-state index contributed by atoms with van der Waals surface area (Å²) in [6.07, 6.45) is 6.08. The highest BCUT2D eigenvalue weighted by molar-refractivity contribution is 6.01. The average molecular weight is 741 g/mol. The summed E-state index contributed by atoms with van der Waals surface area (Å²) >= 11 is 0. The zero-order valence-corrected chi connectivity index (χ0v) is 37.4. The first kappa shape index (κ1) is 45.3. The quantitative estimate of drug-likeness (QED) is 0.130. The summed E-state index contributed by atoms with van der Waals surface area (Å²) in [6.45, 7) is 35.1. The highest BCUT2D eigenvalue weighted by atomic mass is 16.6. The van der Waals surface area contributed by atoms with Crippen LogP contribution in [0.15, 0.2) is 12.1 Å². The van der Waals surface area contributed by atoms with Crippen LogP contribution >= 0.6 is 0 Å². The smallest absolute Gasteiger partial charge is 0.324 e. The molecule has 0 bridgehead atoms. The van der Waals surface area contributed by atoms with E-state index in [0.29, 0.717) is 12.8 Å². The van der Waals surface area contributed by atoms with Crippen molar-refractivity contribution in [2.75, 3.05) is 20.7 Å². The zero-order chi connectivity index (χ0) is 40.8. The van der Waals surface area contributed by atoms with Crippen LogP contribution in [-0.2, 0) is 36.3 Å². The fourth-order valence-corrected chi connectivity index (χ4v) is 9.75. The van der Waals surface area contributed by atoms with Crippen molar-refractivity contribution in [3.8, 4) is 5.75 Å². The van der Waals surface area contributed by atoms with E-state index < -0.39 is 17.4 Å². The van der Waals surface area contributed by atoms with E-state index in [1.165, 1.54) is 0 Å². The van der Waals surface area contributed by atoms with Crippen molar-refractivity contribution in [1.29, 1.82) is 0 Å². The number of carbonyl (C=O) groups excluding carboxylic acids is 2. The summed E-state index contributed by atoms with van der Waals surface area (Å²) in [5, 5.41) is 11.7. The largest absolute Gasteiger partial charge is 0.507 e. The number of rotatable bonds is 12. The normalized spacial score (nSPS) is 22.9. The van der Waals surface area contributed by atoms with Gasteiger partial charge in [-0.15, -0.1) is 0 Å². The first-order chi connectivity index (χ1) is 24.0. The monoisotopic (exact) mass is 741 g/mol.